The van der Waals surface area contributed by atoms with E-state index in [1.54, 1.807) is 19.3 Å². The van der Waals surface area contributed by atoms with Gasteiger partial charge in [-0.1, -0.05) is 44.1 Å². The second-order valence-electron chi connectivity index (χ2n) is 9.90. The minimum atomic E-state index is -1.00. The van der Waals surface area contributed by atoms with Gasteiger partial charge in [-0.3, -0.25) is 4.79 Å². The molecule has 1 saturated carbocycles. The molecule has 0 bridgehead atoms. The number of nitrogens with zero attached hydrogens (tertiary/aromatic N) is 2. The van der Waals surface area contributed by atoms with E-state index in [1.807, 2.05) is 30.3 Å². The van der Waals surface area contributed by atoms with E-state index in [4.69, 9.17) is 9.84 Å². The summed E-state index contributed by atoms with van der Waals surface area (Å²) < 4.78 is 5.69. The molecule has 1 unspecified atom stereocenters. The smallest absolute Gasteiger partial charge is 0.363 e. The van der Waals surface area contributed by atoms with E-state index in [0.29, 0.717) is 11.6 Å². The second kappa shape index (κ2) is 9.67. The number of carboxylic acid groups (broad SMARTS) is 1. The largest absolute Gasteiger partial charge is 0.481 e. The lowest BCUT2D eigenvalue weighted by Crippen LogP contribution is -2.25. The van der Waals surface area contributed by atoms with E-state index in [-0.39, 0.29) is 17.8 Å². The number of ether oxygens (including phenoxy) is 1. The minimum Gasteiger partial charge on any atom is -0.481 e. The van der Waals surface area contributed by atoms with Gasteiger partial charge in [0.05, 0.1) is 6.26 Å². The molecule has 1 heterocycles. The first-order chi connectivity index (χ1) is 15.0. The Balaban J connectivity index is 1.51. The number of carbonyl (C=O) groups is 2. The predicted octanol–water partition coefficient (Wildman–Crippen LogP) is 6.65. The molecular weight excluding hydrogens is 406 g/mol. The summed E-state index contributed by atoms with van der Waals surface area (Å²) in [5.41, 5.74) is 1.88. The molecule has 1 fully saturated rings. The standard InChI is InChI=1S/C25H33N3O4/c1-24(2,3)20-13-14-25(4,32-16-20)28-27-23(31)26-21-11-9-19(10-12-21)18-7-5-17(6-8-18)15-22(29)30/h9-14,16-18H,5-8,15H2,1-4H3,(H,26,31)(H,29,30)/b28-27+. The summed E-state index contributed by atoms with van der Waals surface area (Å²) in [7, 11) is 0. The van der Waals surface area contributed by atoms with Crippen LogP contribution < -0.4 is 5.32 Å². The average Bonchev–Trinajstić information content (AvgIpc) is 2.73. The third kappa shape index (κ3) is 6.52. The molecule has 172 valence electrons. The van der Waals surface area contributed by atoms with Crippen LogP contribution in [0.3, 0.4) is 0 Å². The molecule has 0 spiro atoms. The number of carbonyl (C=O) groups excluding carboxylic acids is 1. The Hall–Kier alpha value is -2.96. The normalized spacial score (nSPS) is 25.8. The van der Waals surface area contributed by atoms with E-state index in [9.17, 15) is 9.59 Å². The maximum atomic E-state index is 12.2. The third-order valence-electron chi connectivity index (χ3n) is 6.15. The highest BCUT2D eigenvalue weighted by molar-refractivity contribution is 5.89. The number of carboxylic acids is 1. The minimum absolute atomic E-state index is 0.0314. The maximum Gasteiger partial charge on any atom is 0.363 e. The molecule has 1 atom stereocenters. The van der Waals surface area contributed by atoms with E-state index in [0.717, 1.165) is 31.3 Å². The quantitative estimate of drug-likeness (QED) is 0.501. The molecule has 1 aromatic carbocycles. The molecule has 1 aromatic rings. The van der Waals surface area contributed by atoms with Gasteiger partial charge < -0.3 is 15.2 Å². The molecule has 0 saturated heterocycles. The van der Waals surface area contributed by atoms with Crippen molar-refractivity contribution in [1.29, 1.82) is 0 Å². The Morgan fingerprint density at radius 1 is 1.16 bits per heavy atom. The summed E-state index contributed by atoms with van der Waals surface area (Å²) in [4.78, 5) is 23.1. The van der Waals surface area contributed by atoms with E-state index >= 15 is 0 Å². The van der Waals surface area contributed by atoms with Crippen LogP contribution in [0.1, 0.15) is 71.3 Å². The summed E-state index contributed by atoms with van der Waals surface area (Å²) in [5.74, 6) is 0.00987. The van der Waals surface area contributed by atoms with E-state index in [1.165, 1.54) is 5.56 Å². The van der Waals surface area contributed by atoms with Gasteiger partial charge in [-0.25, -0.2) is 4.79 Å². The summed E-state index contributed by atoms with van der Waals surface area (Å²) in [6, 6.07) is 7.20. The van der Waals surface area contributed by atoms with Crippen LogP contribution in [0.25, 0.3) is 0 Å². The van der Waals surface area contributed by atoms with Crippen molar-refractivity contribution < 1.29 is 19.4 Å². The van der Waals surface area contributed by atoms with Crippen LogP contribution in [-0.4, -0.2) is 22.8 Å². The van der Waals surface area contributed by atoms with Crippen molar-refractivity contribution in [3.05, 3.63) is 53.8 Å². The molecule has 1 aliphatic carbocycles. The fraction of sp³-hybridized carbons (Fsp3) is 0.520. The number of hydrogen-bond donors (Lipinski definition) is 2. The van der Waals surface area contributed by atoms with Gasteiger partial charge >= 0.3 is 12.0 Å². The molecule has 3 rings (SSSR count). The first-order valence-corrected chi connectivity index (χ1v) is 11.2. The van der Waals surface area contributed by atoms with Gasteiger partial charge in [0.2, 0.25) is 5.72 Å². The van der Waals surface area contributed by atoms with Gasteiger partial charge in [-0.2, -0.15) is 0 Å². The number of amides is 2. The Morgan fingerprint density at radius 3 is 2.34 bits per heavy atom. The maximum absolute atomic E-state index is 12.2. The van der Waals surface area contributed by atoms with Gasteiger partial charge in [-0.05, 0) is 72.3 Å². The van der Waals surface area contributed by atoms with Crippen LogP contribution in [0.4, 0.5) is 10.5 Å². The number of aliphatic carboxylic acids is 1. The number of anilines is 1. The lowest BCUT2D eigenvalue weighted by Gasteiger charge is -2.28. The third-order valence-corrected chi connectivity index (χ3v) is 6.15. The first kappa shape index (κ1) is 23.7. The van der Waals surface area contributed by atoms with Crippen molar-refractivity contribution in [2.45, 2.75) is 71.4 Å². The van der Waals surface area contributed by atoms with Gasteiger partial charge in [0.1, 0.15) is 0 Å². The van der Waals surface area contributed by atoms with Gasteiger partial charge in [-0.15, -0.1) is 5.11 Å². The van der Waals surface area contributed by atoms with Crippen molar-refractivity contribution in [2.75, 3.05) is 5.32 Å². The van der Waals surface area contributed by atoms with Gasteiger partial charge in [0.15, 0.2) is 0 Å². The predicted molar refractivity (Wildman–Crippen MR) is 123 cm³/mol. The van der Waals surface area contributed by atoms with E-state index in [2.05, 4.69) is 36.3 Å². The molecule has 2 amide bonds. The fourth-order valence-electron chi connectivity index (χ4n) is 4.07. The number of hydrogen-bond acceptors (Lipinski definition) is 4. The van der Waals surface area contributed by atoms with Crippen molar-refractivity contribution in [3.63, 3.8) is 0 Å². The van der Waals surface area contributed by atoms with Crippen LogP contribution in [0, 0.1) is 11.3 Å². The highest BCUT2D eigenvalue weighted by Gasteiger charge is 2.28. The number of benzene rings is 1. The molecule has 2 N–H and O–H groups in total. The molecule has 7 heteroatoms. The summed E-state index contributed by atoms with van der Waals surface area (Å²) in [6.07, 6.45) is 9.56. The number of rotatable bonds is 5. The van der Waals surface area contributed by atoms with Crippen LogP contribution >= 0.6 is 0 Å². The highest BCUT2D eigenvalue weighted by atomic mass is 16.5. The summed E-state index contributed by atoms with van der Waals surface area (Å²) in [6.45, 7) is 8.04. The molecule has 1 aliphatic heterocycles. The zero-order valence-electron chi connectivity index (χ0n) is 19.3. The summed E-state index contributed by atoms with van der Waals surface area (Å²) in [5, 5.41) is 19.5. The Kier molecular flexibility index (Phi) is 7.16. The van der Waals surface area contributed by atoms with Gasteiger partial charge in [0.25, 0.3) is 0 Å². The molecule has 0 aromatic heterocycles. The summed E-state index contributed by atoms with van der Waals surface area (Å²) >= 11 is 0. The van der Waals surface area contributed by atoms with Crippen LogP contribution in [0.2, 0.25) is 0 Å². The van der Waals surface area contributed by atoms with Crippen LogP contribution in [-0.2, 0) is 9.53 Å². The first-order valence-electron chi connectivity index (χ1n) is 11.2. The molecule has 0 radical (unpaired) electrons. The number of azo groups is 1. The van der Waals surface area contributed by atoms with Crippen molar-refractivity contribution in [1.82, 2.24) is 0 Å². The van der Waals surface area contributed by atoms with Crippen molar-refractivity contribution >= 4 is 17.7 Å². The Morgan fingerprint density at radius 2 is 1.81 bits per heavy atom. The van der Waals surface area contributed by atoms with Crippen molar-refractivity contribution in [3.8, 4) is 0 Å². The number of allylic oxidation sites excluding steroid dienone is 2. The van der Waals surface area contributed by atoms with Gasteiger partial charge in [0, 0.05) is 19.0 Å². The monoisotopic (exact) mass is 439 g/mol. The zero-order chi connectivity index (χ0) is 23.4. The zero-order valence-corrected chi connectivity index (χ0v) is 19.3. The number of nitrogens with one attached hydrogen (secondary N) is 1. The fourth-order valence-corrected chi connectivity index (χ4v) is 4.07. The lowest BCUT2D eigenvalue weighted by molar-refractivity contribution is -0.138. The Labute approximate surface area is 189 Å². The molecule has 7 nitrogen and oxygen atoms in total. The second-order valence-corrected chi connectivity index (χ2v) is 9.90. The molecular formula is C25H33N3O4. The van der Waals surface area contributed by atoms with E-state index < -0.39 is 17.7 Å². The molecule has 2 aliphatic rings. The molecule has 32 heavy (non-hydrogen) atoms. The lowest BCUT2D eigenvalue weighted by atomic mass is 9.77. The topological polar surface area (TPSA) is 100 Å². The van der Waals surface area contributed by atoms with Crippen LogP contribution in [0.5, 0.6) is 0 Å². The Bertz CT molecular complexity index is 920. The number of urea groups is 1. The van der Waals surface area contributed by atoms with Crippen LogP contribution in [0.15, 0.2) is 58.5 Å². The average molecular weight is 440 g/mol. The SMILES string of the molecule is CC1(/N=N/C(=O)Nc2ccc(C3CCC(CC(=O)O)CC3)cc2)C=CC(C(C)(C)C)=CO1. The van der Waals surface area contributed by atoms with Crippen molar-refractivity contribution in [2.24, 2.45) is 21.6 Å². The highest BCUT2D eigenvalue weighted by Crippen LogP contribution is 2.37.